The van der Waals surface area contributed by atoms with E-state index in [0.717, 1.165) is 15.7 Å². The highest BCUT2D eigenvalue weighted by molar-refractivity contribution is 6.31. The van der Waals surface area contributed by atoms with Gasteiger partial charge in [0.1, 0.15) is 24.3 Å². The van der Waals surface area contributed by atoms with E-state index in [9.17, 15) is 29.3 Å². The molecule has 0 fully saturated rings. The molecule has 0 saturated heterocycles. The molecule has 0 saturated carbocycles. The zero-order valence-corrected chi connectivity index (χ0v) is 22.7. The van der Waals surface area contributed by atoms with Crippen molar-refractivity contribution in [2.45, 2.75) is 24.8 Å². The number of hydrogen-bond acceptors (Lipinski definition) is 9. The van der Waals surface area contributed by atoms with Gasteiger partial charge in [-0.15, -0.1) is 0 Å². The first-order chi connectivity index (χ1) is 19.7. The summed E-state index contributed by atoms with van der Waals surface area (Å²) in [6, 6.07) is 11.4. The van der Waals surface area contributed by atoms with Crippen LogP contribution >= 0.6 is 11.6 Å². The quantitative estimate of drug-likeness (QED) is 0.163. The van der Waals surface area contributed by atoms with Gasteiger partial charge in [-0.2, -0.15) is 0 Å². The van der Waals surface area contributed by atoms with Gasteiger partial charge in [0.25, 0.3) is 0 Å². The Kier molecular flexibility index (Phi) is 12.5. The van der Waals surface area contributed by atoms with Crippen LogP contribution in [0.4, 0.5) is 19.8 Å². The van der Waals surface area contributed by atoms with Crippen LogP contribution in [0.25, 0.3) is 10.8 Å². The van der Waals surface area contributed by atoms with Gasteiger partial charge in [0.2, 0.25) is 0 Å². The monoisotopic (exact) mass is 594 g/mol. The number of urea groups is 1. The lowest BCUT2D eigenvalue weighted by atomic mass is 10.2. The van der Waals surface area contributed by atoms with E-state index in [-0.39, 0.29) is 30.6 Å². The van der Waals surface area contributed by atoms with Crippen molar-refractivity contribution in [1.82, 2.24) is 15.2 Å². The second kappa shape index (κ2) is 16.0. The number of halogens is 2. The summed E-state index contributed by atoms with van der Waals surface area (Å²) in [6.07, 6.45) is -1.86. The first kappa shape index (κ1) is 31.9. The molecule has 41 heavy (non-hydrogen) atoms. The van der Waals surface area contributed by atoms with Crippen molar-refractivity contribution < 1.29 is 43.9 Å². The number of amides is 3. The molecule has 0 aliphatic heterocycles. The molecule has 0 spiro atoms. The maximum Gasteiger partial charge on any atom is 0.412 e. The van der Waals surface area contributed by atoms with E-state index < -0.39 is 62.6 Å². The second-order valence-electron chi connectivity index (χ2n) is 9.03. The standard InChI is InChI=1S/C27H32ClFN4O8/c28-25-19(6-3-7-23(25)29)10-31-26(38)33(11-21(36)12-34)20(14-40-16-22(37)13-35)15-41-27(39)32-24-8-17-4-1-2-5-18(17)9-30-24/h1-9,20-22,34-37H,10-16H2,(H,31,38)(H,30,32,39)/t20-,21-,22-/m0/s1. The summed E-state index contributed by atoms with van der Waals surface area (Å²) in [5, 5.41) is 44.8. The summed E-state index contributed by atoms with van der Waals surface area (Å²) in [5.74, 6) is -0.440. The zero-order chi connectivity index (χ0) is 29.8. The van der Waals surface area contributed by atoms with E-state index in [0.29, 0.717) is 5.56 Å². The third kappa shape index (κ3) is 9.78. The Bertz CT molecular complexity index is 1300. The fraction of sp³-hybridized carbons (Fsp3) is 0.370. The highest BCUT2D eigenvalue weighted by Gasteiger charge is 2.28. The molecule has 0 aliphatic carbocycles. The fourth-order valence-electron chi connectivity index (χ4n) is 3.73. The van der Waals surface area contributed by atoms with Gasteiger partial charge < -0.3 is 40.1 Å². The summed E-state index contributed by atoms with van der Waals surface area (Å²) in [5.41, 5.74) is 0.292. The molecular formula is C27H32ClFN4O8. The summed E-state index contributed by atoms with van der Waals surface area (Å²) < 4.78 is 24.6. The highest BCUT2D eigenvalue weighted by Crippen LogP contribution is 2.20. The van der Waals surface area contributed by atoms with E-state index in [1.807, 2.05) is 24.3 Å². The number of aliphatic hydroxyl groups is 4. The Labute approximate surface area is 240 Å². The number of pyridine rings is 1. The van der Waals surface area contributed by atoms with Crippen LogP contribution in [-0.4, -0.2) is 100 Å². The average Bonchev–Trinajstić information content (AvgIpc) is 2.98. The number of ether oxygens (including phenoxy) is 2. The van der Waals surface area contributed by atoms with Crippen LogP contribution in [0.1, 0.15) is 5.56 Å². The van der Waals surface area contributed by atoms with Crippen LogP contribution in [-0.2, 0) is 16.0 Å². The van der Waals surface area contributed by atoms with Crippen molar-refractivity contribution in [3.05, 3.63) is 71.1 Å². The summed E-state index contributed by atoms with van der Waals surface area (Å²) in [7, 11) is 0. The molecule has 0 unspecified atom stereocenters. The third-order valence-electron chi connectivity index (χ3n) is 5.88. The molecular weight excluding hydrogens is 563 g/mol. The second-order valence-corrected chi connectivity index (χ2v) is 9.41. The highest BCUT2D eigenvalue weighted by atomic mass is 35.5. The lowest BCUT2D eigenvalue weighted by molar-refractivity contribution is -0.0255. The minimum Gasteiger partial charge on any atom is -0.447 e. The van der Waals surface area contributed by atoms with E-state index >= 15 is 0 Å². The lowest BCUT2D eigenvalue weighted by Crippen LogP contribution is -2.53. The molecule has 0 bridgehead atoms. The number of benzene rings is 2. The van der Waals surface area contributed by atoms with Crippen LogP contribution < -0.4 is 10.6 Å². The normalized spacial score (nSPS) is 13.3. The van der Waals surface area contributed by atoms with E-state index in [4.69, 9.17) is 26.2 Å². The minimum absolute atomic E-state index is 0.171. The van der Waals surface area contributed by atoms with E-state index in [1.54, 1.807) is 12.3 Å². The number of rotatable bonds is 14. The smallest absolute Gasteiger partial charge is 0.412 e. The number of aliphatic hydroxyl groups excluding tert-OH is 4. The van der Waals surface area contributed by atoms with Crippen LogP contribution in [0.3, 0.4) is 0 Å². The Balaban J connectivity index is 1.72. The predicted molar refractivity (Wildman–Crippen MR) is 148 cm³/mol. The van der Waals surface area contributed by atoms with Gasteiger partial charge in [0, 0.05) is 18.1 Å². The number of carbonyl (C=O) groups is 2. The maximum absolute atomic E-state index is 13.8. The lowest BCUT2D eigenvalue weighted by Gasteiger charge is -2.33. The van der Waals surface area contributed by atoms with Crippen LogP contribution in [0.5, 0.6) is 0 Å². The Morgan fingerprint density at radius 2 is 1.73 bits per heavy atom. The first-order valence-electron chi connectivity index (χ1n) is 12.6. The van der Waals surface area contributed by atoms with Crippen molar-refractivity contribution in [1.29, 1.82) is 0 Å². The third-order valence-corrected chi connectivity index (χ3v) is 6.30. The Morgan fingerprint density at radius 3 is 2.46 bits per heavy atom. The van der Waals surface area contributed by atoms with Crippen LogP contribution in [0.15, 0.2) is 54.7 Å². The Morgan fingerprint density at radius 1 is 1.00 bits per heavy atom. The summed E-state index contributed by atoms with van der Waals surface area (Å²) in [4.78, 5) is 31.0. The molecule has 14 heteroatoms. The molecule has 3 amide bonds. The SMILES string of the molecule is O=C(Nc1cc2ccccc2cn1)OC[C@H](COC[C@@H](O)CO)N(C[C@H](O)CO)C(=O)NCc1cccc(F)c1Cl. The molecule has 0 aliphatic rings. The van der Waals surface area contributed by atoms with Crippen molar-refractivity contribution in [2.24, 2.45) is 0 Å². The molecule has 1 heterocycles. The molecule has 3 aromatic rings. The summed E-state index contributed by atoms with van der Waals surface area (Å²) >= 11 is 5.97. The average molecular weight is 595 g/mol. The predicted octanol–water partition coefficient (Wildman–Crippen LogP) is 1.88. The molecule has 222 valence electrons. The number of nitrogens with zero attached hydrogens (tertiary/aromatic N) is 2. The first-order valence-corrected chi connectivity index (χ1v) is 13.0. The minimum atomic E-state index is -1.36. The molecule has 2 aromatic carbocycles. The van der Waals surface area contributed by atoms with Gasteiger partial charge in [-0.05, 0) is 23.1 Å². The Hall–Kier alpha value is -3.59. The number of hydrogen-bond donors (Lipinski definition) is 6. The van der Waals surface area contributed by atoms with E-state index in [1.165, 1.54) is 18.2 Å². The van der Waals surface area contributed by atoms with Crippen LogP contribution in [0, 0.1) is 5.82 Å². The molecule has 3 atom stereocenters. The van der Waals surface area contributed by atoms with Crippen molar-refractivity contribution >= 4 is 40.3 Å². The zero-order valence-electron chi connectivity index (χ0n) is 22.0. The molecule has 3 rings (SSSR count). The van der Waals surface area contributed by atoms with Gasteiger partial charge in [0.15, 0.2) is 0 Å². The van der Waals surface area contributed by atoms with Gasteiger partial charge in [-0.25, -0.2) is 19.0 Å². The van der Waals surface area contributed by atoms with Crippen molar-refractivity contribution in [2.75, 3.05) is 44.9 Å². The molecule has 6 N–H and O–H groups in total. The fourth-order valence-corrected chi connectivity index (χ4v) is 3.92. The molecule has 0 radical (unpaired) electrons. The van der Waals surface area contributed by atoms with Gasteiger partial charge in [-0.3, -0.25) is 5.32 Å². The van der Waals surface area contributed by atoms with Crippen molar-refractivity contribution in [3.63, 3.8) is 0 Å². The topological polar surface area (TPSA) is 174 Å². The molecule has 1 aromatic heterocycles. The van der Waals surface area contributed by atoms with Crippen LogP contribution in [0.2, 0.25) is 5.02 Å². The number of fused-ring (bicyclic) bond motifs is 1. The van der Waals surface area contributed by atoms with E-state index in [2.05, 4.69) is 15.6 Å². The number of aromatic nitrogens is 1. The van der Waals surface area contributed by atoms with Gasteiger partial charge in [0.05, 0.1) is 50.1 Å². The number of nitrogens with one attached hydrogen (secondary N) is 2. The maximum atomic E-state index is 13.8. The molecule has 12 nitrogen and oxygen atoms in total. The van der Waals surface area contributed by atoms with Crippen molar-refractivity contribution in [3.8, 4) is 0 Å². The van der Waals surface area contributed by atoms with Gasteiger partial charge >= 0.3 is 12.1 Å². The number of anilines is 1. The largest absolute Gasteiger partial charge is 0.447 e. The number of carbonyl (C=O) groups excluding carboxylic acids is 2. The van der Waals surface area contributed by atoms with Gasteiger partial charge in [-0.1, -0.05) is 48.0 Å². The summed E-state index contributed by atoms with van der Waals surface area (Å²) in [6.45, 7) is -2.82.